The number of hydrogen-bond acceptors (Lipinski definition) is 6. The molecule has 1 N–H and O–H groups in total. The molecule has 27 heavy (non-hydrogen) atoms. The van der Waals surface area contributed by atoms with Crippen LogP contribution in [0.5, 0.6) is 0 Å². The Kier molecular flexibility index (Phi) is 5.59. The third kappa shape index (κ3) is 4.69. The number of fused-ring (bicyclic) bond motifs is 1. The normalized spacial score (nSPS) is 25.0. The highest BCUT2D eigenvalue weighted by atomic mass is 32.2. The van der Waals surface area contributed by atoms with Crippen LogP contribution in [0, 0.1) is 13.8 Å². The maximum atomic E-state index is 12.1. The minimum atomic E-state index is -3.13. The summed E-state index contributed by atoms with van der Waals surface area (Å²) in [5.41, 5.74) is 2.84. The van der Waals surface area contributed by atoms with Gasteiger partial charge in [0.05, 0.1) is 17.5 Å². The number of aliphatic imine (C=N–C) groups is 1. The molecule has 1 aromatic carbocycles. The Morgan fingerprint density at radius 2 is 1.89 bits per heavy atom. The van der Waals surface area contributed by atoms with Gasteiger partial charge in [0.15, 0.2) is 15.0 Å². The third-order valence-electron chi connectivity index (χ3n) is 4.22. The van der Waals surface area contributed by atoms with Crippen LogP contribution in [0.1, 0.15) is 11.1 Å². The molecule has 8 nitrogen and oxygen atoms in total. The summed E-state index contributed by atoms with van der Waals surface area (Å²) in [5, 5.41) is 8.80. The smallest absolute Gasteiger partial charge is 0.329 e. The lowest BCUT2D eigenvalue weighted by molar-refractivity contribution is -0.143. The summed E-state index contributed by atoms with van der Waals surface area (Å²) in [4.78, 5) is 28.4. The van der Waals surface area contributed by atoms with Gasteiger partial charge in [0, 0.05) is 10.9 Å². The number of sulfone groups is 1. The molecule has 1 aromatic rings. The fourth-order valence-corrected chi connectivity index (χ4v) is 7.25. The van der Waals surface area contributed by atoms with Crippen molar-refractivity contribution in [3.05, 3.63) is 29.3 Å². The average Bonchev–Trinajstić information content (AvgIpc) is 2.96. The lowest BCUT2D eigenvalue weighted by Crippen LogP contribution is -2.38. The number of amides is 1. The Balaban J connectivity index is 1.89. The van der Waals surface area contributed by atoms with Gasteiger partial charge in [-0.1, -0.05) is 17.8 Å². The van der Waals surface area contributed by atoms with E-state index in [2.05, 4.69) is 4.99 Å². The highest BCUT2D eigenvalue weighted by Crippen LogP contribution is 2.41. The predicted octanol–water partition coefficient (Wildman–Crippen LogP) is 1.01. The zero-order valence-corrected chi connectivity index (χ0v) is 16.5. The van der Waals surface area contributed by atoms with Crippen molar-refractivity contribution in [3.63, 3.8) is 0 Å². The molecule has 0 unspecified atom stereocenters. The monoisotopic (exact) mass is 412 g/mol. The first-order valence-electron chi connectivity index (χ1n) is 8.30. The number of carboxylic acid groups (broad SMARTS) is 1. The Hall–Kier alpha value is -1.91. The van der Waals surface area contributed by atoms with E-state index in [0.717, 1.165) is 16.8 Å². The first-order valence-corrected chi connectivity index (χ1v) is 11.0. The van der Waals surface area contributed by atoms with Crippen LogP contribution >= 0.6 is 11.8 Å². The number of rotatable bonds is 5. The Morgan fingerprint density at radius 1 is 1.22 bits per heavy atom. The van der Waals surface area contributed by atoms with E-state index in [4.69, 9.17) is 9.84 Å². The van der Waals surface area contributed by atoms with Gasteiger partial charge < -0.3 is 14.7 Å². The summed E-state index contributed by atoms with van der Waals surface area (Å²) in [5.74, 6) is -1.70. The van der Waals surface area contributed by atoms with Crippen LogP contribution in [0.25, 0.3) is 0 Å². The molecule has 3 rings (SSSR count). The minimum Gasteiger partial charge on any atom is -0.480 e. The van der Waals surface area contributed by atoms with Crippen molar-refractivity contribution in [2.24, 2.45) is 4.99 Å². The molecule has 0 saturated carbocycles. The van der Waals surface area contributed by atoms with E-state index in [1.807, 2.05) is 36.9 Å². The molecular formula is C17H20N2O6S2. The predicted molar refractivity (Wildman–Crippen MR) is 103 cm³/mol. The molecule has 0 bridgehead atoms. The molecule has 2 aliphatic rings. The number of aryl methyl sites for hydroxylation is 2. The third-order valence-corrected chi connectivity index (χ3v) is 7.43. The van der Waals surface area contributed by atoms with E-state index >= 15 is 0 Å². The first-order chi connectivity index (χ1) is 12.6. The molecule has 2 saturated heterocycles. The van der Waals surface area contributed by atoms with Crippen LogP contribution in [0.15, 0.2) is 23.2 Å². The largest absolute Gasteiger partial charge is 0.480 e. The van der Waals surface area contributed by atoms with Gasteiger partial charge >= 0.3 is 5.97 Å². The first kappa shape index (κ1) is 19.8. The summed E-state index contributed by atoms with van der Waals surface area (Å²) in [6, 6.07) is 5.59. The lowest BCUT2D eigenvalue weighted by atomic mass is 10.1. The van der Waals surface area contributed by atoms with E-state index in [0.29, 0.717) is 5.17 Å². The number of carbonyl (C=O) groups is 2. The molecule has 0 aliphatic carbocycles. The second kappa shape index (κ2) is 7.61. The maximum Gasteiger partial charge on any atom is 0.329 e. The Morgan fingerprint density at radius 3 is 2.52 bits per heavy atom. The highest BCUT2D eigenvalue weighted by Gasteiger charge is 2.49. The number of benzene rings is 1. The fraction of sp³-hybridized carbons (Fsp3) is 0.471. The Bertz CT molecular complexity index is 892. The summed E-state index contributed by atoms with van der Waals surface area (Å²) in [6.07, 6.45) is 0. The summed E-state index contributed by atoms with van der Waals surface area (Å²) in [6.45, 7) is 2.88. The van der Waals surface area contributed by atoms with Crippen molar-refractivity contribution in [2.75, 3.05) is 29.6 Å². The van der Waals surface area contributed by atoms with E-state index in [1.165, 1.54) is 11.8 Å². The molecule has 10 heteroatoms. The van der Waals surface area contributed by atoms with E-state index < -0.39 is 34.9 Å². The highest BCUT2D eigenvalue weighted by molar-refractivity contribution is 8.16. The van der Waals surface area contributed by atoms with Gasteiger partial charge in [0.25, 0.3) is 5.91 Å². The van der Waals surface area contributed by atoms with Crippen molar-refractivity contribution >= 4 is 44.3 Å². The standard InChI is InChI=1S/C17H20N2O6S2/c1-10-3-11(2)5-12(4-10)19-13-8-27(23,24)9-14(13)26-17(19)18-15(20)6-25-7-16(21)22/h3-5,13-14H,6-9H2,1-2H3,(H,21,22)/t13-,14+/m0/s1. The quantitative estimate of drug-likeness (QED) is 0.762. The second-order valence-corrected chi connectivity index (χ2v) is 10.1. The molecule has 146 valence electrons. The van der Waals surface area contributed by atoms with Gasteiger partial charge in [0.2, 0.25) is 0 Å². The van der Waals surface area contributed by atoms with Crippen molar-refractivity contribution in [1.29, 1.82) is 0 Å². The number of ether oxygens (including phenoxy) is 1. The van der Waals surface area contributed by atoms with Crippen LogP contribution in [0.4, 0.5) is 5.69 Å². The minimum absolute atomic E-state index is 0.0143. The number of nitrogens with zero attached hydrogens (tertiary/aromatic N) is 2. The Labute approximate surface area is 161 Å². The molecule has 1 amide bonds. The van der Waals surface area contributed by atoms with Crippen LogP contribution in [-0.2, 0) is 24.2 Å². The van der Waals surface area contributed by atoms with Crippen molar-refractivity contribution in [2.45, 2.75) is 25.1 Å². The SMILES string of the molecule is Cc1cc(C)cc(N2C(=NC(=O)COCC(=O)O)S[C@@H]3CS(=O)(=O)C[C@@H]32)c1. The number of hydrogen-bond donors (Lipinski definition) is 1. The van der Waals surface area contributed by atoms with Crippen LogP contribution in [0.2, 0.25) is 0 Å². The number of carboxylic acids is 1. The molecule has 2 atom stereocenters. The summed E-state index contributed by atoms with van der Waals surface area (Å²) < 4.78 is 28.9. The topological polar surface area (TPSA) is 113 Å². The molecule has 0 aromatic heterocycles. The molecular weight excluding hydrogens is 392 g/mol. The fourth-order valence-electron chi connectivity index (χ4n) is 3.32. The van der Waals surface area contributed by atoms with Gasteiger partial charge in [-0.25, -0.2) is 13.2 Å². The zero-order chi connectivity index (χ0) is 19.8. The molecule has 2 fully saturated rings. The zero-order valence-electron chi connectivity index (χ0n) is 14.9. The number of thioether (sulfide) groups is 1. The van der Waals surface area contributed by atoms with Gasteiger partial charge in [-0.15, -0.1) is 0 Å². The van der Waals surface area contributed by atoms with Gasteiger partial charge in [-0.2, -0.15) is 4.99 Å². The van der Waals surface area contributed by atoms with Gasteiger partial charge in [-0.3, -0.25) is 4.79 Å². The molecule has 0 spiro atoms. The molecule has 0 radical (unpaired) electrons. The summed E-state index contributed by atoms with van der Waals surface area (Å²) >= 11 is 1.27. The average molecular weight is 412 g/mol. The van der Waals surface area contributed by atoms with Crippen molar-refractivity contribution in [1.82, 2.24) is 0 Å². The molecule has 2 aliphatic heterocycles. The summed E-state index contributed by atoms with van der Waals surface area (Å²) in [7, 11) is -3.13. The molecule has 2 heterocycles. The maximum absolute atomic E-state index is 12.1. The van der Waals surface area contributed by atoms with E-state index in [1.54, 1.807) is 0 Å². The number of carbonyl (C=O) groups excluding carboxylic acids is 1. The van der Waals surface area contributed by atoms with E-state index in [9.17, 15) is 18.0 Å². The van der Waals surface area contributed by atoms with Crippen LogP contribution in [-0.4, -0.2) is 66.6 Å². The number of amidine groups is 1. The van der Waals surface area contributed by atoms with Gasteiger partial charge in [-0.05, 0) is 37.1 Å². The number of anilines is 1. The van der Waals surface area contributed by atoms with Crippen molar-refractivity contribution in [3.8, 4) is 0 Å². The van der Waals surface area contributed by atoms with Crippen molar-refractivity contribution < 1.29 is 27.9 Å². The van der Waals surface area contributed by atoms with Gasteiger partial charge in [0.1, 0.15) is 13.2 Å². The second-order valence-electron chi connectivity index (χ2n) is 6.69. The number of aliphatic carboxylic acids is 1. The van der Waals surface area contributed by atoms with E-state index in [-0.39, 0.29) is 22.8 Å². The lowest BCUT2D eigenvalue weighted by Gasteiger charge is -2.25. The van der Waals surface area contributed by atoms with Crippen LogP contribution in [0.3, 0.4) is 0 Å². The van der Waals surface area contributed by atoms with Crippen LogP contribution < -0.4 is 4.90 Å².